The van der Waals surface area contributed by atoms with Crippen LogP contribution in [0, 0.1) is 0 Å². The predicted octanol–water partition coefficient (Wildman–Crippen LogP) is 0.454. The molecule has 1 saturated heterocycles. The number of amides is 1. The molecule has 6 nitrogen and oxygen atoms in total. The fraction of sp³-hybridized carbons (Fsp3) is 0.727. The summed E-state index contributed by atoms with van der Waals surface area (Å²) in [7, 11) is 0. The van der Waals surface area contributed by atoms with E-state index in [2.05, 4.69) is 10.6 Å². The SMILES string of the molecule is CC(C)NC(=S)NC(=O)C[C@H]1OC(C)(C)OC1=O. The second-order valence-electron chi connectivity index (χ2n) is 4.81. The Balaban J connectivity index is 2.42. The molecule has 0 unspecified atom stereocenters. The van der Waals surface area contributed by atoms with Crippen LogP contribution in [0.25, 0.3) is 0 Å². The van der Waals surface area contributed by atoms with Gasteiger partial charge >= 0.3 is 5.97 Å². The lowest BCUT2D eigenvalue weighted by molar-refractivity contribution is -0.160. The number of hydrogen-bond donors (Lipinski definition) is 2. The number of esters is 1. The van der Waals surface area contributed by atoms with Gasteiger partial charge in [0.05, 0.1) is 6.42 Å². The number of ether oxygens (including phenoxy) is 2. The quantitative estimate of drug-likeness (QED) is 0.575. The molecule has 0 aromatic heterocycles. The second-order valence-corrected chi connectivity index (χ2v) is 5.22. The third-order valence-electron chi connectivity index (χ3n) is 2.08. The average Bonchev–Trinajstić information content (AvgIpc) is 2.36. The largest absolute Gasteiger partial charge is 0.432 e. The van der Waals surface area contributed by atoms with Crippen molar-refractivity contribution in [3.63, 3.8) is 0 Å². The lowest BCUT2D eigenvalue weighted by Gasteiger charge is -2.15. The monoisotopic (exact) mass is 274 g/mol. The summed E-state index contributed by atoms with van der Waals surface area (Å²) in [4.78, 5) is 23.0. The normalized spacial score (nSPS) is 21.6. The summed E-state index contributed by atoms with van der Waals surface area (Å²) < 4.78 is 10.2. The zero-order valence-electron chi connectivity index (χ0n) is 10.9. The standard InChI is InChI=1S/C11H18N2O4S/c1-6(2)12-10(18)13-8(14)5-7-9(15)17-11(3,4)16-7/h6-7H,5H2,1-4H3,(H2,12,13,14,18)/t7-/m1/s1. The van der Waals surface area contributed by atoms with Crippen molar-refractivity contribution in [2.24, 2.45) is 0 Å². The molecule has 0 aromatic carbocycles. The summed E-state index contributed by atoms with van der Waals surface area (Å²) in [6.07, 6.45) is -0.982. The first-order valence-electron chi connectivity index (χ1n) is 5.70. The van der Waals surface area contributed by atoms with Crippen LogP contribution in [0.5, 0.6) is 0 Å². The van der Waals surface area contributed by atoms with Crippen molar-refractivity contribution in [3.05, 3.63) is 0 Å². The number of nitrogens with one attached hydrogen (secondary N) is 2. The topological polar surface area (TPSA) is 76.7 Å². The molecule has 1 rings (SSSR count). The third-order valence-corrected chi connectivity index (χ3v) is 2.30. The van der Waals surface area contributed by atoms with Gasteiger partial charge < -0.3 is 20.1 Å². The van der Waals surface area contributed by atoms with Gasteiger partial charge in [0, 0.05) is 19.9 Å². The van der Waals surface area contributed by atoms with Crippen LogP contribution in [0.4, 0.5) is 0 Å². The molecule has 102 valence electrons. The minimum Gasteiger partial charge on any atom is -0.432 e. The van der Waals surface area contributed by atoms with Gasteiger partial charge in [-0.15, -0.1) is 0 Å². The molecule has 7 heteroatoms. The number of thiocarbonyl (C=S) groups is 1. The van der Waals surface area contributed by atoms with E-state index in [1.54, 1.807) is 13.8 Å². The van der Waals surface area contributed by atoms with Crippen LogP contribution >= 0.6 is 12.2 Å². The van der Waals surface area contributed by atoms with Crippen molar-refractivity contribution in [3.8, 4) is 0 Å². The van der Waals surface area contributed by atoms with E-state index in [9.17, 15) is 9.59 Å². The molecule has 18 heavy (non-hydrogen) atoms. The van der Waals surface area contributed by atoms with Crippen molar-refractivity contribution >= 4 is 29.2 Å². The van der Waals surface area contributed by atoms with Crippen molar-refractivity contribution < 1.29 is 19.1 Å². The Labute approximate surface area is 111 Å². The van der Waals surface area contributed by atoms with E-state index in [1.807, 2.05) is 13.8 Å². The molecule has 0 bridgehead atoms. The highest BCUT2D eigenvalue weighted by atomic mass is 32.1. The Kier molecular flexibility index (Phi) is 4.64. The van der Waals surface area contributed by atoms with Gasteiger partial charge in [-0.1, -0.05) is 0 Å². The molecule has 2 N–H and O–H groups in total. The fourth-order valence-electron chi connectivity index (χ4n) is 1.49. The van der Waals surface area contributed by atoms with Gasteiger partial charge in [0.15, 0.2) is 11.2 Å². The Bertz CT molecular complexity index is 368. The van der Waals surface area contributed by atoms with Crippen LogP contribution < -0.4 is 10.6 Å². The minimum absolute atomic E-state index is 0.109. The van der Waals surface area contributed by atoms with Crippen molar-refractivity contribution in [2.75, 3.05) is 0 Å². The van der Waals surface area contributed by atoms with Gasteiger partial charge in [-0.3, -0.25) is 4.79 Å². The number of carbonyl (C=O) groups excluding carboxylic acids is 2. The van der Waals surface area contributed by atoms with Crippen LogP contribution in [0.2, 0.25) is 0 Å². The number of cyclic esters (lactones) is 1. The van der Waals surface area contributed by atoms with E-state index in [1.165, 1.54) is 0 Å². The molecule has 1 heterocycles. The predicted molar refractivity (Wildman–Crippen MR) is 68.7 cm³/mol. The zero-order valence-corrected chi connectivity index (χ0v) is 11.7. The molecule has 1 fully saturated rings. The molecule has 0 radical (unpaired) electrons. The van der Waals surface area contributed by atoms with Crippen LogP contribution in [0.1, 0.15) is 34.1 Å². The third kappa shape index (κ3) is 4.58. The Morgan fingerprint density at radius 3 is 2.56 bits per heavy atom. The Hall–Kier alpha value is -1.21. The van der Waals surface area contributed by atoms with Crippen molar-refractivity contribution in [2.45, 2.75) is 52.0 Å². The molecule has 1 aliphatic rings. The van der Waals surface area contributed by atoms with E-state index in [4.69, 9.17) is 21.7 Å². The summed E-state index contributed by atoms with van der Waals surface area (Å²) in [6, 6.07) is 0.129. The van der Waals surface area contributed by atoms with E-state index in [0.29, 0.717) is 0 Å². The molecule has 1 atom stereocenters. The number of hydrogen-bond acceptors (Lipinski definition) is 5. The smallest absolute Gasteiger partial charge is 0.338 e. The van der Waals surface area contributed by atoms with E-state index < -0.39 is 17.9 Å². The highest BCUT2D eigenvalue weighted by molar-refractivity contribution is 7.80. The van der Waals surface area contributed by atoms with Crippen LogP contribution in [0.3, 0.4) is 0 Å². The summed E-state index contributed by atoms with van der Waals surface area (Å²) >= 11 is 4.92. The lowest BCUT2D eigenvalue weighted by atomic mass is 10.2. The van der Waals surface area contributed by atoms with Crippen molar-refractivity contribution in [1.82, 2.24) is 10.6 Å². The second kappa shape index (κ2) is 5.62. The van der Waals surface area contributed by atoms with Crippen molar-refractivity contribution in [1.29, 1.82) is 0 Å². The van der Waals surface area contributed by atoms with Gasteiger partial charge in [-0.05, 0) is 26.1 Å². The van der Waals surface area contributed by atoms with Gasteiger partial charge in [0.1, 0.15) is 0 Å². The maximum Gasteiger partial charge on any atom is 0.338 e. The maximum atomic E-state index is 11.6. The van der Waals surface area contributed by atoms with Crippen LogP contribution in [-0.4, -0.2) is 34.9 Å². The summed E-state index contributed by atoms with van der Waals surface area (Å²) in [5.41, 5.74) is 0. The lowest BCUT2D eigenvalue weighted by Crippen LogP contribution is -2.43. The van der Waals surface area contributed by atoms with Crippen LogP contribution in [0.15, 0.2) is 0 Å². The summed E-state index contributed by atoms with van der Waals surface area (Å²) in [5.74, 6) is -1.88. The molecule has 0 aliphatic carbocycles. The summed E-state index contributed by atoms with van der Waals surface area (Å²) in [6.45, 7) is 7.04. The first-order chi connectivity index (χ1) is 8.19. The Morgan fingerprint density at radius 1 is 1.50 bits per heavy atom. The maximum absolute atomic E-state index is 11.6. The average molecular weight is 274 g/mol. The number of rotatable bonds is 3. The van der Waals surface area contributed by atoms with E-state index in [-0.39, 0.29) is 23.5 Å². The fourth-order valence-corrected chi connectivity index (χ4v) is 1.84. The first-order valence-corrected chi connectivity index (χ1v) is 6.11. The number of carbonyl (C=O) groups is 2. The van der Waals surface area contributed by atoms with E-state index >= 15 is 0 Å². The van der Waals surface area contributed by atoms with E-state index in [0.717, 1.165) is 0 Å². The molecule has 1 aliphatic heterocycles. The molecule has 1 amide bonds. The minimum atomic E-state index is -0.973. The van der Waals surface area contributed by atoms with Gasteiger partial charge in [-0.2, -0.15) is 0 Å². The van der Waals surface area contributed by atoms with Gasteiger partial charge in [-0.25, -0.2) is 4.79 Å². The molecular formula is C11H18N2O4S. The molecule has 0 aromatic rings. The van der Waals surface area contributed by atoms with Gasteiger partial charge in [0.25, 0.3) is 0 Å². The highest BCUT2D eigenvalue weighted by Gasteiger charge is 2.41. The zero-order chi connectivity index (χ0) is 13.9. The first kappa shape index (κ1) is 14.8. The molecule has 0 saturated carbocycles. The van der Waals surface area contributed by atoms with Crippen LogP contribution in [-0.2, 0) is 19.1 Å². The highest BCUT2D eigenvalue weighted by Crippen LogP contribution is 2.25. The summed E-state index contributed by atoms with van der Waals surface area (Å²) in [5, 5.41) is 5.58. The Morgan fingerprint density at radius 2 is 2.11 bits per heavy atom. The van der Waals surface area contributed by atoms with Gasteiger partial charge in [0.2, 0.25) is 11.7 Å². The molecular weight excluding hydrogens is 256 g/mol. The molecule has 0 spiro atoms.